The molecule has 0 unspecified atom stereocenters. The van der Waals surface area contributed by atoms with Crippen LogP contribution >= 0.6 is 39.5 Å². The zero-order chi connectivity index (χ0) is 49.8. The number of hydrogen-bond donors (Lipinski definition) is 1. The average Bonchev–Trinajstić information content (AvgIpc) is 3.82. The molecule has 1 aromatic heterocycles. The van der Waals surface area contributed by atoms with Crippen LogP contribution in [0.5, 0.6) is 0 Å². The molecule has 3 heterocycles. The summed E-state index contributed by atoms with van der Waals surface area (Å²) in [7, 11) is 0. The fourth-order valence-electron chi connectivity index (χ4n) is 6.68. The summed E-state index contributed by atoms with van der Waals surface area (Å²) in [6.45, 7) is 0.932. The lowest BCUT2D eigenvalue weighted by atomic mass is 10.1. The molecule has 1 amide bonds. The van der Waals surface area contributed by atoms with E-state index in [9.17, 15) is 33.2 Å². The number of esters is 4. The fraction of sp³-hybridized carbons (Fsp3) is 0.212. The van der Waals surface area contributed by atoms with Crippen LogP contribution in [-0.2, 0) is 42.9 Å². The standard InChI is InChI=1S/C29H26FN3O6S.C23H20BrFO4S/c1-19(34)31-23-16-17-33(29(37)32-23)28-26(30)27(39-25(36)15-13-21-10-6-3-7-11-21)22(40-28)18-38-24(35)14-12-20-8-4-2-5-9-20;24-23-21(25)22(29-20(27)14-12-17-9-5-2-6-10-17)18(30-23)15-28-19(26)13-11-16-7-3-1-4-8-16/h2-17,22,26-28H,18H2,1H3,(H,31,32,34,37);1-14,18,21-23H,15H2/b14-12+,15-13+;13-11+,14-12+/t22-,26+,27-,28-;18-,21+,22-,23+/m11/s1. The quantitative estimate of drug-likeness (QED) is 0.0430. The summed E-state index contributed by atoms with van der Waals surface area (Å²) < 4.78 is 52.2. The number of thioether (sulfide) groups is 2. The molecule has 13 nitrogen and oxygen atoms in total. The first-order valence-electron chi connectivity index (χ1n) is 21.6. The molecule has 2 aliphatic heterocycles. The minimum Gasteiger partial charge on any atom is -0.461 e. The van der Waals surface area contributed by atoms with E-state index < -0.39 is 80.1 Å². The number of aromatic nitrogens is 2. The van der Waals surface area contributed by atoms with Gasteiger partial charge in [-0.25, -0.2) is 32.8 Å². The molecule has 2 aliphatic rings. The maximum Gasteiger partial charge on any atom is 0.350 e. The van der Waals surface area contributed by atoms with Gasteiger partial charge in [0.1, 0.15) is 24.4 Å². The summed E-state index contributed by atoms with van der Waals surface area (Å²) in [4.78, 5) is 76.8. The van der Waals surface area contributed by atoms with E-state index in [-0.39, 0.29) is 19.0 Å². The molecule has 362 valence electrons. The monoisotopic (exact) mass is 1050 g/mol. The van der Waals surface area contributed by atoms with Crippen molar-refractivity contribution >= 4 is 99.4 Å². The number of rotatable bonds is 16. The van der Waals surface area contributed by atoms with Crippen molar-refractivity contribution in [2.24, 2.45) is 0 Å². The average molecular weight is 1050 g/mol. The molecule has 0 bridgehead atoms. The van der Waals surface area contributed by atoms with Gasteiger partial charge >= 0.3 is 29.6 Å². The molecule has 18 heteroatoms. The SMILES string of the molecule is CC(=O)Nc1ccn([C@@H]2S[C@H](COC(=O)/C=C/c3ccccc3)[C@@H](OC(=O)/C=C/c3ccccc3)[C@@H]2F)c(=O)n1.O=C(/C=C/c1ccccc1)OC[C@H]1S[C@H](Br)[C@@H](F)[C@@H]1OC(=O)/C=C/c1ccccc1. The number of anilines is 1. The van der Waals surface area contributed by atoms with Crippen molar-refractivity contribution in [3.05, 3.63) is 191 Å². The van der Waals surface area contributed by atoms with Gasteiger partial charge in [-0.05, 0) is 52.6 Å². The van der Waals surface area contributed by atoms with E-state index in [2.05, 4.69) is 26.2 Å². The number of alkyl halides is 3. The number of carbonyl (C=O) groups excluding carboxylic acids is 5. The molecule has 2 fully saturated rings. The minimum absolute atomic E-state index is 0.0249. The van der Waals surface area contributed by atoms with Crippen LogP contribution in [0.2, 0.25) is 0 Å². The molecule has 4 aromatic carbocycles. The zero-order valence-corrected chi connectivity index (χ0v) is 40.5. The largest absolute Gasteiger partial charge is 0.461 e. The smallest absolute Gasteiger partial charge is 0.350 e. The van der Waals surface area contributed by atoms with Gasteiger partial charge in [-0.1, -0.05) is 137 Å². The van der Waals surface area contributed by atoms with Crippen molar-refractivity contribution in [1.29, 1.82) is 0 Å². The summed E-state index contributed by atoms with van der Waals surface area (Å²) in [5.41, 5.74) is 2.45. The Hall–Kier alpha value is -6.89. The molecule has 0 radical (unpaired) electrons. The Morgan fingerprint density at radius 2 is 0.986 bits per heavy atom. The molecular weight excluding hydrogens is 1010 g/mol. The van der Waals surface area contributed by atoms with E-state index in [1.807, 2.05) is 97.1 Å². The van der Waals surface area contributed by atoms with E-state index in [0.29, 0.717) is 0 Å². The number of nitrogens with zero attached hydrogens (tertiary/aromatic N) is 2. The molecule has 1 N–H and O–H groups in total. The summed E-state index contributed by atoms with van der Waals surface area (Å²) in [5, 5.41) is -0.0438. The van der Waals surface area contributed by atoms with Crippen LogP contribution in [0.3, 0.4) is 0 Å². The van der Waals surface area contributed by atoms with Gasteiger partial charge in [0.05, 0.1) is 14.7 Å². The Morgan fingerprint density at radius 3 is 1.39 bits per heavy atom. The van der Waals surface area contributed by atoms with Gasteiger partial charge < -0.3 is 24.3 Å². The minimum atomic E-state index is -1.83. The second-order valence-corrected chi connectivity index (χ2v) is 19.5. The third-order valence-corrected chi connectivity index (χ3v) is 14.0. The second-order valence-electron chi connectivity index (χ2n) is 15.2. The molecule has 0 saturated carbocycles. The lowest BCUT2D eigenvalue weighted by molar-refractivity contribution is -0.148. The van der Waals surface area contributed by atoms with Gasteiger partial charge in [-0.2, -0.15) is 4.98 Å². The molecule has 7 rings (SSSR count). The topological polar surface area (TPSA) is 169 Å². The van der Waals surface area contributed by atoms with Crippen LogP contribution in [0.25, 0.3) is 24.3 Å². The first-order chi connectivity index (χ1) is 33.8. The lowest BCUT2D eigenvalue weighted by Crippen LogP contribution is -2.37. The van der Waals surface area contributed by atoms with E-state index in [1.165, 1.54) is 61.3 Å². The summed E-state index contributed by atoms with van der Waals surface area (Å²) in [6, 6.07) is 38.1. The van der Waals surface area contributed by atoms with Gasteiger partial charge in [0.15, 0.2) is 24.6 Å². The second kappa shape index (κ2) is 26.8. The lowest BCUT2D eigenvalue weighted by Gasteiger charge is -2.20. The van der Waals surface area contributed by atoms with Gasteiger partial charge in [0.25, 0.3) is 0 Å². The van der Waals surface area contributed by atoms with Crippen molar-refractivity contribution in [1.82, 2.24) is 9.55 Å². The van der Waals surface area contributed by atoms with Gasteiger partial charge in [-0.3, -0.25) is 9.36 Å². The highest BCUT2D eigenvalue weighted by Crippen LogP contribution is 2.45. The highest BCUT2D eigenvalue weighted by Gasteiger charge is 2.49. The predicted octanol–water partition coefficient (Wildman–Crippen LogP) is 9.08. The van der Waals surface area contributed by atoms with E-state index in [0.717, 1.165) is 38.6 Å². The van der Waals surface area contributed by atoms with E-state index in [4.69, 9.17) is 18.9 Å². The number of hydrogen-bond acceptors (Lipinski definition) is 13. The maximum atomic E-state index is 15.8. The van der Waals surface area contributed by atoms with Crippen molar-refractivity contribution < 1.29 is 51.7 Å². The number of nitrogens with one attached hydrogen (secondary N) is 1. The van der Waals surface area contributed by atoms with Crippen LogP contribution < -0.4 is 11.0 Å². The Labute approximate surface area is 419 Å². The molecule has 0 aliphatic carbocycles. The van der Waals surface area contributed by atoms with Crippen LogP contribution in [0.15, 0.2) is 163 Å². The van der Waals surface area contributed by atoms with Crippen molar-refractivity contribution in [3.63, 3.8) is 0 Å². The first-order valence-corrected chi connectivity index (χ1v) is 24.4. The van der Waals surface area contributed by atoms with Gasteiger partial charge in [-0.15, -0.1) is 23.5 Å². The van der Waals surface area contributed by atoms with Crippen LogP contribution in [0, 0.1) is 0 Å². The Morgan fingerprint density at radius 1 is 0.600 bits per heavy atom. The predicted molar refractivity (Wildman–Crippen MR) is 271 cm³/mol. The molecule has 8 atom stereocenters. The molecule has 5 aromatic rings. The van der Waals surface area contributed by atoms with Crippen LogP contribution in [0.1, 0.15) is 34.6 Å². The maximum absolute atomic E-state index is 15.8. The van der Waals surface area contributed by atoms with E-state index >= 15 is 4.39 Å². The number of amides is 1. The van der Waals surface area contributed by atoms with Crippen LogP contribution in [-0.4, -0.2) is 91.8 Å². The van der Waals surface area contributed by atoms with Crippen molar-refractivity contribution in [2.45, 2.75) is 51.5 Å². The third-order valence-electron chi connectivity index (χ3n) is 10.0. The molecule has 70 heavy (non-hydrogen) atoms. The molecular formula is C52H46BrF2N3O10S2. The van der Waals surface area contributed by atoms with Crippen molar-refractivity contribution in [2.75, 3.05) is 18.5 Å². The number of halogens is 3. The van der Waals surface area contributed by atoms with Crippen LogP contribution in [0.4, 0.5) is 14.6 Å². The highest BCUT2D eigenvalue weighted by atomic mass is 79.9. The van der Waals surface area contributed by atoms with Gasteiger partial charge in [0.2, 0.25) is 5.91 Å². The number of ether oxygens (including phenoxy) is 4. The highest BCUT2D eigenvalue weighted by molar-refractivity contribution is 9.11. The zero-order valence-electron chi connectivity index (χ0n) is 37.3. The van der Waals surface area contributed by atoms with Crippen molar-refractivity contribution in [3.8, 4) is 0 Å². The number of benzene rings is 4. The fourth-order valence-corrected chi connectivity index (χ4v) is 10.4. The van der Waals surface area contributed by atoms with E-state index in [1.54, 1.807) is 42.5 Å². The molecule has 2 saturated heterocycles. The molecule has 0 spiro atoms. The summed E-state index contributed by atoms with van der Waals surface area (Å²) in [6.07, 6.45) is 7.10. The third kappa shape index (κ3) is 16.4. The Bertz CT molecular complexity index is 2730. The normalized spacial score (nSPS) is 21.8. The number of carbonyl (C=O) groups is 5. The Balaban J connectivity index is 0.000000239. The summed E-state index contributed by atoms with van der Waals surface area (Å²) in [5.74, 6) is -3.02. The summed E-state index contributed by atoms with van der Waals surface area (Å²) >= 11 is 5.46. The Kier molecular flexibility index (Phi) is 20.1. The van der Waals surface area contributed by atoms with Gasteiger partial charge in [0, 0.05) is 37.4 Å². The first kappa shape index (κ1) is 52.5.